The van der Waals surface area contributed by atoms with Gasteiger partial charge in [-0.05, 0) is 32.4 Å². The van der Waals surface area contributed by atoms with Gasteiger partial charge in [-0.1, -0.05) is 13.8 Å². The lowest BCUT2D eigenvalue weighted by Crippen LogP contribution is -2.41. The lowest BCUT2D eigenvalue weighted by Gasteiger charge is -2.23. The van der Waals surface area contributed by atoms with Crippen LogP contribution in [0.2, 0.25) is 0 Å². The van der Waals surface area contributed by atoms with E-state index in [1.165, 1.54) is 0 Å². The lowest BCUT2D eigenvalue weighted by atomic mass is 10.1. The van der Waals surface area contributed by atoms with Crippen molar-refractivity contribution in [2.75, 3.05) is 32.7 Å². The molecular formula is C12H26ClN3O. The molecule has 1 aliphatic heterocycles. The molecule has 1 saturated heterocycles. The number of carbonyl (C=O) groups is 1. The Balaban J connectivity index is 0.00000256. The number of hydrogen-bond acceptors (Lipinski definition) is 3. The summed E-state index contributed by atoms with van der Waals surface area (Å²) in [4.78, 5) is 16.0. The molecule has 2 atom stereocenters. The van der Waals surface area contributed by atoms with E-state index in [2.05, 4.69) is 18.7 Å². The van der Waals surface area contributed by atoms with Crippen molar-refractivity contribution in [1.29, 1.82) is 0 Å². The van der Waals surface area contributed by atoms with Crippen LogP contribution in [0.4, 0.5) is 0 Å². The van der Waals surface area contributed by atoms with E-state index in [9.17, 15) is 4.79 Å². The number of likely N-dealkylation sites (tertiary alicyclic amines) is 1. The van der Waals surface area contributed by atoms with Crippen molar-refractivity contribution >= 4 is 18.3 Å². The number of nitrogens with zero attached hydrogens (tertiary/aromatic N) is 2. The second-order valence-corrected chi connectivity index (χ2v) is 4.71. The number of amides is 1. The van der Waals surface area contributed by atoms with E-state index >= 15 is 0 Å². The SMILES string of the molecule is CCN(CC)CC1CCN(C(=O)C(C)N)C1.Cl. The standard InChI is InChI=1S/C12H25N3O.ClH/c1-4-14(5-2)8-11-6-7-15(9-11)12(16)10(3)13;/h10-11H,4-9,13H2,1-3H3;1H. The van der Waals surface area contributed by atoms with Crippen molar-refractivity contribution in [2.45, 2.75) is 33.2 Å². The molecule has 0 spiro atoms. The highest BCUT2D eigenvalue weighted by atomic mass is 35.5. The molecule has 1 heterocycles. The van der Waals surface area contributed by atoms with E-state index < -0.39 is 0 Å². The fourth-order valence-electron chi connectivity index (χ4n) is 2.32. The Morgan fingerprint density at radius 2 is 2.06 bits per heavy atom. The number of carbonyl (C=O) groups excluding carboxylic acids is 1. The molecule has 1 amide bonds. The van der Waals surface area contributed by atoms with Gasteiger partial charge in [-0.25, -0.2) is 0 Å². The fraction of sp³-hybridized carbons (Fsp3) is 0.917. The van der Waals surface area contributed by atoms with Gasteiger partial charge >= 0.3 is 0 Å². The van der Waals surface area contributed by atoms with Crippen molar-refractivity contribution in [2.24, 2.45) is 11.7 Å². The van der Waals surface area contributed by atoms with Gasteiger partial charge in [0.25, 0.3) is 0 Å². The first-order valence-corrected chi connectivity index (χ1v) is 6.35. The maximum absolute atomic E-state index is 11.7. The van der Waals surface area contributed by atoms with Gasteiger partial charge in [0.2, 0.25) is 5.91 Å². The van der Waals surface area contributed by atoms with Crippen molar-refractivity contribution in [3.05, 3.63) is 0 Å². The van der Waals surface area contributed by atoms with Crippen LogP contribution in [0.1, 0.15) is 27.2 Å². The average Bonchev–Trinajstić information content (AvgIpc) is 2.73. The van der Waals surface area contributed by atoms with Crippen LogP contribution in [0.25, 0.3) is 0 Å². The molecule has 2 unspecified atom stereocenters. The molecule has 0 saturated carbocycles. The molecule has 0 aromatic rings. The summed E-state index contributed by atoms with van der Waals surface area (Å²) in [6, 6.07) is -0.354. The summed E-state index contributed by atoms with van der Waals surface area (Å²) in [6.45, 7) is 11.2. The summed E-state index contributed by atoms with van der Waals surface area (Å²) in [6.07, 6.45) is 1.12. The first-order chi connectivity index (χ1) is 7.58. The topological polar surface area (TPSA) is 49.6 Å². The summed E-state index contributed by atoms with van der Waals surface area (Å²) < 4.78 is 0. The highest BCUT2D eigenvalue weighted by molar-refractivity contribution is 5.85. The Morgan fingerprint density at radius 1 is 1.47 bits per heavy atom. The van der Waals surface area contributed by atoms with Crippen LogP contribution < -0.4 is 5.73 Å². The quantitative estimate of drug-likeness (QED) is 0.803. The van der Waals surface area contributed by atoms with E-state index in [0.29, 0.717) is 5.92 Å². The third-order valence-corrected chi connectivity index (χ3v) is 3.40. The van der Waals surface area contributed by atoms with Crippen molar-refractivity contribution < 1.29 is 4.79 Å². The molecule has 5 heteroatoms. The van der Waals surface area contributed by atoms with Crippen LogP contribution in [0, 0.1) is 5.92 Å². The lowest BCUT2D eigenvalue weighted by molar-refractivity contribution is -0.131. The zero-order valence-corrected chi connectivity index (χ0v) is 12.0. The van der Waals surface area contributed by atoms with Crippen LogP contribution in [-0.4, -0.2) is 54.5 Å². The minimum atomic E-state index is -0.354. The van der Waals surface area contributed by atoms with Crippen LogP contribution in [0.15, 0.2) is 0 Å². The van der Waals surface area contributed by atoms with E-state index in [1.807, 2.05) is 4.90 Å². The second-order valence-electron chi connectivity index (χ2n) is 4.71. The molecule has 1 fully saturated rings. The zero-order valence-electron chi connectivity index (χ0n) is 11.2. The summed E-state index contributed by atoms with van der Waals surface area (Å²) in [7, 11) is 0. The first-order valence-electron chi connectivity index (χ1n) is 6.35. The predicted octanol–water partition coefficient (Wildman–Crippen LogP) is 0.946. The molecule has 4 nitrogen and oxygen atoms in total. The predicted molar refractivity (Wildman–Crippen MR) is 73.4 cm³/mol. The third-order valence-electron chi connectivity index (χ3n) is 3.40. The molecule has 0 aromatic carbocycles. The van der Waals surface area contributed by atoms with Crippen LogP contribution in [-0.2, 0) is 4.79 Å². The minimum absolute atomic E-state index is 0. The fourth-order valence-corrected chi connectivity index (χ4v) is 2.32. The molecule has 17 heavy (non-hydrogen) atoms. The summed E-state index contributed by atoms with van der Waals surface area (Å²) in [5.41, 5.74) is 5.61. The number of rotatable bonds is 5. The van der Waals surface area contributed by atoms with Crippen molar-refractivity contribution in [3.8, 4) is 0 Å². The molecule has 0 aromatic heterocycles. The average molecular weight is 264 g/mol. The van der Waals surface area contributed by atoms with E-state index in [4.69, 9.17) is 5.73 Å². The van der Waals surface area contributed by atoms with Crippen molar-refractivity contribution in [3.63, 3.8) is 0 Å². The van der Waals surface area contributed by atoms with Crippen LogP contribution in [0.5, 0.6) is 0 Å². The number of nitrogens with two attached hydrogens (primary N) is 1. The third kappa shape index (κ3) is 4.82. The smallest absolute Gasteiger partial charge is 0.239 e. The second kappa shape index (κ2) is 7.90. The molecule has 1 rings (SSSR count). The molecule has 1 aliphatic rings. The van der Waals surface area contributed by atoms with Gasteiger partial charge in [0.05, 0.1) is 6.04 Å². The van der Waals surface area contributed by atoms with Crippen LogP contribution in [0.3, 0.4) is 0 Å². The van der Waals surface area contributed by atoms with Gasteiger partial charge in [0.1, 0.15) is 0 Å². The monoisotopic (exact) mass is 263 g/mol. The Labute approximate surface area is 111 Å². The molecule has 102 valence electrons. The molecule has 0 bridgehead atoms. The molecule has 0 aliphatic carbocycles. The van der Waals surface area contributed by atoms with Gasteiger partial charge < -0.3 is 15.5 Å². The maximum Gasteiger partial charge on any atom is 0.239 e. The van der Waals surface area contributed by atoms with Crippen LogP contribution >= 0.6 is 12.4 Å². The van der Waals surface area contributed by atoms with E-state index in [0.717, 1.165) is 39.1 Å². The Bertz CT molecular complexity index is 232. The van der Waals surface area contributed by atoms with Gasteiger partial charge in [-0.15, -0.1) is 12.4 Å². The minimum Gasteiger partial charge on any atom is -0.341 e. The summed E-state index contributed by atoms with van der Waals surface area (Å²) in [5.74, 6) is 0.727. The molecule has 0 radical (unpaired) electrons. The highest BCUT2D eigenvalue weighted by Crippen LogP contribution is 2.17. The molecular weight excluding hydrogens is 238 g/mol. The van der Waals surface area contributed by atoms with Gasteiger partial charge in [0, 0.05) is 19.6 Å². The number of halogens is 1. The van der Waals surface area contributed by atoms with Gasteiger partial charge in [-0.3, -0.25) is 4.79 Å². The zero-order chi connectivity index (χ0) is 12.1. The Kier molecular flexibility index (Phi) is 7.75. The normalized spacial score (nSPS) is 21.5. The highest BCUT2D eigenvalue weighted by Gasteiger charge is 2.28. The summed E-state index contributed by atoms with van der Waals surface area (Å²) in [5, 5.41) is 0. The molecule has 2 N–H and O–H groups in total. The first kappa shape index (κ1) is 16.7. The Hall–Kier alpha value is -0.320. The van der Waals surface area contributed by atoms with Crippen molar-refractivity contribution in [1.82, 2.24) is 9.80 Å². The summed E-state index contributed by atoms with van der Waals surface area (Å²) >= 11 is 0. The maximum atomic E-state index is 11.7. The number of hydrogen-bond donors (Lipinski definition) is 1. The van der Waals surface area contributed by atoms with Gasteiger partial charge in [-0.2, -0.15) is 0 Å². The van der Waals surface area contributed by atoms with E-state index in [1.54, 1.807) is 6.92 Å². The van der Waals surface area contributed by atoms with E-state index in [-0.39, 0.29) is 24.4 Å². The van der Waals surface area contributed by atoms with Gasteiger partial charge in [0.15, 0.2) is 0 Å². The Morgan fingerprint density at radius 3 is 2.53 bits per heavy atom. The largest absolute Gasteiger partial charge is 0.341 e.